The standard InChI is InChI=1S/C26H29N5O.C25H32N4O/c1-16-11-21(12-17(2)28-16)20-5-6-22-18(3)25(29-23(22)13-20)19-7-9-31(10-8-19)26(32)24-14-27-15-30(24)4;1-16-12-21(13-17(2)26-16)20-6-7-22-18(3)25(27-23(22)14-20)19-8-10-29(11-9-19)24(30)15-28(4)5/h5-6,11-15,19,29H,7-10H2,1-4H3;6-7,12-14,19,27H,8-11,15H2,1-5H3. The number of rotatable bonds is 7. The number of nitrogens with zero attached hydrogens (tertiary/aromatic N) is 7. The number of likely N-dealkylation sites (N-methyl/N-ethyl adjacent to an activating group) is 1. The van der Waals surface area contributed by atoms with Crippen molar-refractivity contribution in [2.24, 2.45) is 7.05 Å². The SMILES string of the molecule is Cc1cc(-c2ccc3c(C)c(C4CCN(C(=O)CN(C)C)CC4)[nH]c3c2)cc(C)n1.Cc1cc(-c2ccc3c(C)c(C4CCN(C(=O)c5cncn5C)CC4)[nH]c3c2)cc(C)n1. The average Bonchev–Trinajstić information content (AvgIpc) is 3.93. The van der Waals surface area contributed by atoms with Crippen LogP contribution in [0.4, 0.5) is 0 Å². The molecule has 0 aliphatic carbocycles. The van der Waals surface area contributed by atoms with E-state index in [2.05, 4.69) is 99.4 Å². The maximum atomic E-state index is 12.8. The van der Waals surface area contributed by atoms with Crippen LogP contribution in [-0.2, 0) is 11.8 Å². The molecule has 0 atom stereocenters. The minimum absolute atomic E-state index is 0.0735. The molecule has 2 amide bonds. The van der Waals surface area contributed by atoms with E-state index in [1.54, 1.807) is 17.1 Å². The second kappa shape index (κ2) is 17.7. The number of likely N-dealkylation sites (tertiary alicyclic amines) is 2. The summed E-state index contributed by atoms with van der Waals surface area (Å²) in [5.74, 6) is 1.23. The van der Waals surface area contributed by atoms with Crippen molar-refractivity contribution < 1.29 is 9.59 Å². The number of benzene rings is 2. The van der Waals surface area contributed by atoms with Crippen molar-refractivity contribution >= 4 is 33.6 Å². The van der Waals surface area contributed by atoms with Gasteiger partial charge in [-0.1, -0.05) is 24.3 Å². The van der Waals surface area contributed by atoms with Crippen molar-refractivity contribution in [3.05, 3.63) is 124 Å². The zero-order valence-corrected chi connectivity index (χ0v) is 37.9. The first kappa shape index (κ1) is 42.6. The number of aromatic nitrogens is 6. The lowest BCUT2D eigenvalue weighted by molar-refractivity contribution is -0.132. The normalized spacial score (nSPS) is 15.1. The van der Waals surface area contributed by atoms with E-state index >= 15 is 0 Å². The number of aryl methyl sites for hydroxylation is 7. The predicted octanol–water partition coefficient (Wildman–Crippen LogP) is 9.33. The summed E-state index contributed by atoms with van der Waals surface area (Å²) in [5.41, 5.74) is 17.3. The zero-order chi connectivity index (χ0) is 43.8. The third-order valence-electron chi connectivity index (χ3n) is 13.0. The summed E-state index contributed by atoms with van der Waals surface area (Å²) < 4.78 is 1.79. The molecule has 2 saturated heterocycles. The summed E-state index contributed by atoms with van der Waals surface area (Å²) in [6, 6.07) is 22.0. The molecule has 62 heavy (non-hydrogen) atoms. The summed E-state index contributed by atoms with van der Waals surface area (Å²) in [6.45, 7) is 16.3. The maximum absolute atomic E-state index is 12.8. The number of amides is 2. The molecular formula is C51H61N9O2. The number of nitrogens with one attached hydrogen (secondary N) is 2. The van der Waals surface area contributed by atoms with Crippen LogP contribution in [0, 0.1) is 41.5 Å². The Balaban J connectivity index is 0.000000171. The quantitative estimate of drug-likeness (QED) is 0.165. The molecule has 7 aromatic rings. The average molecular weight is 832 g/mol. The molecule has 11 heteroatoms. The van der Waals surface area contributed by atoms with E-state index in [9.17, 15) is 9.59 Å². The lowest BCUT2D eigenvalue weighted by Gasteiger charge is -2.32. The van der Waals surface area contributed by atoms with Crippen LogP contribution in [-0.4, -0.2) is 103 Å². The van der Waals surface area contributed by atoms with Gasteiger partial charge in [-0.2, -0.15) is 0 Å². The van der Waals surface area contributed by atoms with E-state index in [0.29, 0.717) is 24.1 Å². The third kappa shape index (κ3) is 8.95. The van der Waals surface area contributed by atoms with Gasteiger partial charge in [0.05, 0.1) is 19.1 Å². The number of hydrogen-bond acceptors (Lipinski definition) is 6. The molecule has 11 nitrogen and oxygen atoms in total. The van der Waals surface area contributed by atoms with Crippen LogP contribution < -0.4 is 0 Å². The number of fused-ring (bicyclic) bond motifs is 2. The molecule has 2 fully saturated rings. The molecule has 5 aromatic heterocycles. The van der Waals surface area contributed by atoms with Crippen molar-refractivity contribution in [3.63, 3.8) is 0 Å². The van der Waals surface area contributed by atoms with Gasteiger partial charge in [-0.15, -0.1) is 0 Å². The number of piperidine rings is 2. The molecular weight excluding hydrogens is 771 g/mol. The minimum atomic E-state index is 0.0735. The number of hydrogen-bond donors (Lipinski definition) is 2. The van der Waals surface area contributed by atoms with E-state index in [1.165, 1.54) is 66.6 Å². The van der Waals surface area contributed by atoms with Gasteiger partial charge in [-0.05, 0) is 151 Å². The van der Waals surface area contributed by atoms with Crippen LogP contribution in [0.2, 0.25) is 0 Å². The predicted molar refractivity (Wildman–Crippen MR) is 250 cm³/mol. The van der Waals surface area contributed by atoms with Gasteiger partial charge in [0.25, 0.3) is 5.91 Å². The topological polar surface area (TPSA) is 119 Å². The van der Waals surface area contributed by atoms with E-state index < -0.39 is 0 Å². The molecule has 0 unspecified atom stereocenters. The van der Waals surface area contributed by atoms with Gasteiger partial charge in [0.15, 0.2) is 0 Å². The summed E-state index contributed by atoms with van der Waals surface area (Å²) in [5, 5.41) is 2.57. The van der Waals surface area contributed by atoms with Gasteiger partial charge < -0.3 is 29.2 Å². The fourth-order valence-corrected chi connectivity index (χ4v) is 9.78. The van der Waals surface area contributed by atoms with Crippen molar-refractivity contribution in [1.82, 2.24) is 44.2 Å². The summed E-state index contributed by atoms with van der Waals surface area (Å²) in [4.78, 5) is 51.6. The largest absolute Gasteiger partial charge is 0.358 e. The van der Waals surface area contributed by atoms with Crippen LogP contribution in [0.3, 0.4) is 0 Å². The summed E-state index contributed by atoms with van der Waals surface area (Å²) >= 11 is 0. The second-order valence-electron chi connectivity index (χ2n) is 18.0. The molecule has 2 aromatic carbocycles. The number of carbonyl (C=O) groups is 2. The minimum Gasteiger partial charge on any atom is -0.358 e. The van der Waals surface area contributed by atoms with Crippen molar-refractivity contribution in [2.45, 2.75) is 79.1 Å². The van der Waals surface area contributed by atoms with E-state index in [4.69, 9.17) is 0 Å². The van der Waals surface area contributed by atoms with E-state index in [1.807, 2.05) is 63.5 Å². The highest BCUT2D eigenvalue weighted by Gasteiger charge is 2.29. The summed E-state index contributed by atoms with van der Waals surface area (Å²) in [7, 11) is 5.76. The Hall–Kier alpha value is -6.07. The van der Waals surface area contributed by atoms with Gasteiger partial charge in [-0.25, -0.2) is 4.98 Å². The fourth-order valence-electron chi connectivity index (χ4n) is 9.78. The van der Waals surface area contributed by atoms with Crippen LogP contribution in [0.15, 0.2) is 73.2 Å². The highest BCUT2D eigenvalue weighted by Crippen LogP contribution is 2.37. The van der Waals surface area contributed by atoms with Gasteiger partial charge in [0, 0.05) is 101 Å². The molecule has 2 aliphatic rings. The van der Waals surface area contributed by atoms with Gasteiger partial charge in [-0.3, -0.25) is 19.6 Å². The molecule has 0 radical (unpaired) electrons. The molecule has 7 heterocycles. The van der Waals surface area contributed by atoms with Gasteiger partial charge in [0.2, 0.25) is 5.91 Å². The monoisotopic (exact) mass is 831 g/mol. The maximum Gasteiger partial charge on any atom is 0.272 e. The van der Waals surface area contributed by atoms with Crippen molar-refractivity contribution in [2.75, 3.05) is 46.8 Å². The molecule has 322 valence electrons. The first-order valence-corrected chi connectivity index (χ1v) is 22.1. The number of imidazole rings is 1. The molecule has 0 saturated carbocycles. The number of aromatic amines is 2. The third-order valence-corrected chi connectivity index (χ3v) is 13.0. The smallest absolute Gasteiger partial charge is 0.272 e. The molecule has 0 spiro atoms. The number of pyridine rings is 2. The summed E-state index contributed by atoms with van der Waals surface area (Å²) in [6.07, 6.45) is 7.29. The van der Waals surface area contributed by atoms with Crippen LogP contribution in [0.5, 0.6) is 0 Å². The number of carbonyl (C=O) groups excluding carboxylic acids is 2. The Labute approximate surface area is 365 Å². The highest BCUT2D eigenvalue weighted by atomic mass is 16.2. The van der Waals surface area contributed by atoms with Crippen LogP contribution >= 0.6 is 0 Å². The fraction of sp³-hybridized carbons (Fsp3) is 0.392. The van der Waals surface area contributed by atoms with Gasteiger partial charge in [0.1, 0.15) is 5.69 Å². The Bertz CT molecular complexity index is 2720. The molecule has 0 bridgehead atoms. The van der Waals surface area contributed by atoms with E-state index in [0.717, 1.165) is 74.6 Å². The lowest BCUT2D eigenvalue weighted by Crippen LogP contribution is -2.42. The lowest BCUT2D eigenvalue weighted by atomic mass is 9.91. The molecule has 2 aliphatic heterocycles. The molecule has 9 rings (SSSR count). The molecule has 2 N–H and O–H groups in total. The zero-order valence-electron chi connectivity index (χ0n) is 37.9. The van der Waals surface area contributed by atoms with Crippen molar-refractivity contribution in [3.8, 4) is 22.3 Å². The first-order valence-electron chi connectivity index (χ1n) is 22.1. The van der Waals surface area contributed by atoms with Crippen LogP contribution in [0.25, 0.3) is 44.1 Å². The first-order chi connectivity index (χ1) is 29.7. The highest BCUT2D eigenvalue weighted by molar-refractivity contribution is 5.93. The Morgan fingerprint density at radius 3 is 1.47 bits per heavy atom. The van der Waals surface area contributed by atoms with E-state index in [-0.39, 0.29) is 11.8 Å². The van der Waals surface area contributed by atoms with Crippen LogP contribution in [0.1, 0.15) is 93.3 Å². The second-order valence-corrected chi connectivity index (χ2v) is 18.0. The van der Waals surface area contributed by atoms with Gasteiger partial charge >= 0.3 is 0 Å². The number of H-pyrrole nitrogens is 2. The van der Waals surface area contributed by atoms with Crippen molar-refractivity contribution in [1.29, 1.82) is 0 Å². The Morgan fingerprint density at radius 1 is 0.629 bits per heavy atom. The Morgan fingerprint density at radius 2 is 1.06 bits per heavy atom. The Kier molecular flexibility index (Phi) is 12.2.